The molecular formula is C22H28N2O3. The number of hydrogen-bond acceptors (Lipinski definition) is 3. The lowest BCUT2D eigenvalue weighted by atomic mass is 10.0. The second-order valence-electron chi connectivity index (χ2n) is 6.33. The van der Waals surface area contributed by atoms with Gasteiger partial charge in [0.2, 0.25) is 11.8 Å². The van der Waals surface area contributed by atoms with Gasteiger partial charge in [0.25, 0.3) is 0 Å². The Hall–Kier alpha value is -2.82. The van der Waals surface area contributed by atoms with Crippen molar-refractivity contribution in [3.05, 3.63) is 59.2 Å². The summed E-state index contributed by atoms with van der Waals surface area (Å²) in [5, 5.41) is 5.72. The second kappa shape index (κ2) is 10.4. The molecule has 0 bridgehead atoms. The number of hydrogen-bond donors (Lipinski definition) is 2. The molecule has 0 heterocycles. The van der Waals surface area contributed by atoms with Crippen molar-refractivity contribution >= 4 is 17.5 Å². The molecule has 2 rings (SSSR count). The van der Waals surface area contributed by atoms with Crippen molar-refractivity contribution in [3.8, 4) is 5.75 Å². The molecule has 0 aliphatic carbocycles. The number of aryl methyl sites for hydroxylation is 2. The molecule has 27 heavy (non-hydrogen) atoms. The van der Waals surface area contributed by atoms with Crippen molar-refractivity contribution in [1.29, 1.82) is 0 Å². The highest BCUT2D eigenvalue weighted by atomic mass is 16.5. The third kappa shape index (κ3) is 6.13. The third-order valence-corrected chi connectivity index (χ3v) is 4.45. The Balaban J connectivity index is 1.84. The van der Waals surface area contributed by atoms with E-state index in [1.165, 1.54) is 0 Å². The van der Waals surface area contributed by atoms with E-state index in [4.69, 9.17) is 4.74 Å². The molecule has 0 unspecified atom stereocenters. The van der Waals surface area contributed by atoms with Gasteiger partial charge in [0.1, 0.15) is 12.2 Å². The molecule has 0 spiro atoms. The minimum absolute atomic E-state index is 0.181. The summed E-state index contributed by atoms with van der Waals surface area (Å²) in [5.74, 6) is 0.228. The minimum atomic E-state index is -0.288. The van der Waals surface area contributed by atoms with Gasteiger partial charge in [-0.05, 0) is 48.1 Å². The number of para-hydroxylation sites is 1. The van der Waals surface area contributed by atoms with Crippen molar-refractivity contribution in [2.24, 2.45) is 0 Å². The Morgan fingerprint density at radius 3 is 2.26 bits per heavy atom. The van der Waals surface area contributed by atoms with Crippen LogP contribution in [0, 0.1) is 0 Å². The zero-order valence-electron chi connectivity index (χ0n) is 16.3. The van der Waals surface area contributed by atoms with Crippen molar-refractivity contribution in [3.63, 3.8) is 0 Å². The van der Waals surface area contributed by atoms with Crippen LogP contribution in [0.4, 0.5) is 5.69 Å². The maximum atomic E-state index is 12.3. The second-order valence-corrected chi connectivity index (χ2v) is 6.33. The zero-order chi connectivity index (χ0) is 19.6. The van der Waals surface area contributed by atoms with Crippen LogP contribution in [-0.2, 0) is 28.9 Å². The molecule has 0 aliphatic heterocycles. The summed E-state index contributed by atoms with van der Waals surface area (Å²) in [6.07, 6.45) is 2.16. The van der Waals surface area contributed by atoms with Gasteiger partial charge >= 0.3 is 0 Å². The van der Waals surface area contributed by atoms with E-state index in [2.05, 4.69) is 24.5 Å². The molecule has 0 saturated heterocycles. The predicted molar refractivity (Wildman–Crippen MR) is 108 cm³/mol. The Morgan fingerprint density at radius 1 is 0.963 bits per heavy atom. The highest BCUT2D eigenvalue weighted by Gasteiger charge is 2.13. The number of methoxy groups -OCH3 is 1. The molecule has 0 saturated carbocycles. The number of carbonyl (C=O) groups is 2. The fraction of sp³-hybridized carbons (Fsp3) is 0.364. The van der Waals surface area contributed by atoms with E-state index in [-0.39, 0.29) is 18.2 Å². The quantitative estimate of drug-likeness (QED) is 0.666. The molecule has 144 valence electrons. The fourth-order valence-corrected chi connectivity index (χ4v) is 2.97. The van der Waals surface area contributed by atoms with E-state index < -0.39 is 0 Å². The first-order valence-corrected chi connectivity index (χ1v) is 9.37. The lowest BCUT2D eigenvalue weighted by Gasteiger charge is -2.14. The summed E-state index contributed by atoms with van der Waals surface area (Å²) in [6, 6.07) is 13.7. The fourth-order valence-electron chi connectivity index (χ4n) is 2.97. The van der Waals surface area contributed by atoms with Crippen molar-refractivity contribution < 1.29 is 14.3 Å². The van der Waals surface area contributed by atoms with Crippen LogP contribution in [-0.4, -0.2) is 25.5 Å². The van der Waals surface area contributed by atoms with Crippen LogP contribution in [0.5, 0.6) is 5.75 Å². The SMILES string of the molecule is CCc1cccc(CC)c1NC(=O)CC(=O)NCCc1cccc(OC)c1. The van der Waals surface area contributed by atoms with Crippen LogP contribution in [0.1, 0.15) is 37.0 Å². The van der Waals surface area contributed by atoms with Crippen LogP contribution in [0.15, 0.2) is 42.5 Å². The molecule has 2 amide bonds. The number of benzene rings is 2. The van der Waals surface area contributed by atoms with Gasteiger partial charge in [-0.2, -0.15) is 0 Å². The Bertz CT molecular complexity index is 765. The number of amides is 2. The maximum absolute atomic E-state index is 12.3. The molecule has 2 N–H and O–H groups in total. The van der Waals surface area contributed by atoms with Gasteiger partial charge in [-0.25, -0.2) is 0 Å². The third-order valence-electron chi connectivity index (χ3n) is 4.45. The lowest BCUT2D eigenvalue weighted by Crippen LogP contribution is -2.30. The lowest BCUT2D eigenvalue weighted by molar-refractivity contribution is -0.126. The predicted octanol–water partition coefficient (Wildman–Crippen LogP) is 3.51. The van der Waals surface area contributed by atoms with Gasteiger partial charge in [-0.1, -0.05) is 44.2 Å². The highest BCUT2D eigenvalue weighted by molar-refractivity contribution is 6.04. The van der Waals surface area contributed by atoms with Gasteiger partial charge in [0, 0.05) is 12.2 Å². The number of anilines is 1. The largest absolute Gasteiger partial charge is 0.497 e. The van der Waals surface area contributed by atoms with Gasteiger partial charge in [0.15, 0.2) is 0 Å². The number of carbonyl (C=O) groups excluding carboxylic acids is 2. The van der Waals surface area contributed by atoms with Crippen LogP contribution in [0.2, 0.25) is 0 Å². The summed E-state index contributed by atoms with van der Waals surface area (Å²) in [4.78, 5) is 24.4. The Morgan fingerprint density at radius 2 is 1.63 bits per heavy atom. The molecular weight excluding hydrogens is 340 g/mol. The Kier molecular flexibility index (Phi) is 7.86. The topological polar surface area (TPSA) is 67.4 Å². The molecule has 0 fully saturated rings. The van der Waals surface area contributed by atoms with E-state index in [9.17, 15) is 9.59 Å². The molecule has 0 atom stereocenters. The Labute approximate surface area is 161 Å². The van der Waals surface area contributed by atoms with Crippen molar-refractivity contribution in [1.82, 2.24) is 5.32 Å². The first-order valence-electron chi connectivity index (χ1n) is 9.37. The molecule has 5 heteroatoms. The van der Waals surface area contributed by atoms with E-state index >= 15 is 0 Å². The summed E-state index contributed by atoms with van der Waals surface area (Å²) in [5.41, 5.74) is 4.09. The van der Waals surface area contributed by atoms with Crippen LogP contribution < -0.4 is 15.4 Å². The van der Waals surface area contributed by atoms with Crippen LogP contribution in [0.25, 0.3) is 0 Å². The molecule has 0 aromatic heterocycles. The first kappa shape index (κ1) is 20.5. The van der Waals surface area contributed by atoms with Gasteiger partial charge in [0.05, 0.1) is 7.11 Å². The number of nitrogens with one attached hydrogen (secondary N) is 2. The van der Waals surface area contributed by atoms with E-state index in [0.29, 0.717) is 13.0 Å². The summed E-state index contributed by atoms with van der Waals surface area (Å²) in [7, 11) is 1.63. The zero-order valence-corrected chi connectivity index (χ0v) is 16.3. The van der Waals surface area contributed by atoms with Gasteiger partial charge in [-0.15, -0.1) is 0 Å². The van der Waals surface area contributed by atoms with E-state index in [0.717, 1.165) is 41.0 Å². The van der Waals surface area contributed by atoms with Crippen LogP contribution in [0.3, 0.4) is 0 Å². The molecule has 0 aliphatic rings. The summed E-state index contributed by atoms with van der Waals surface area (Å²) < 4.78 is 5.19. The standard InChI is InChI=1S/C22H28N2O3/c1-4-17-9-7-10-18(5-2)22(17)24-21(26)15-20(25)23-13-12-16-8-6-11-19(14-16)27-3/h6-11,14H,4-5,12-13,15H2,1-3H3,(H,23,25)(H,24,26). The first-order chi connectivity index (χ1) is 13.1. The molecule has 0 radical (unpaired) electrons. The normalized spacial score (nSPS) is 10.3. The van der Waals surface area contributed by atoms with Crippen LogP contribution >= 0.6 is 0 Å². The highest BCUT2D eigenvalue weighted by Crippen LogP contribution is 2.22. The molecule has 2 aromatic carbocycles. The number of rotatable bonds is 9. The van der Waals surface area contributed by atoms with Crippen molar-refractivity contribution in [2.45, 2.75) is 39.5 Å². The van der Waals surface area contributed by atoms with Gasteiger partial charge < -0.3 is 15.4 Å². The van der Waals surface area contributed by atoms with E-state index in [1.54, 1.807) is 7.11 Å². The smallest absolute Gasteiger partial charge is 0.233 e. The average Bonchev–Trinajstić information content (AvgIpc) is 2.68. The molecule has 5 nitrogen and oxygen atoms in total. The molecule has 2 aromatic rings. The summed E-state index contributed by atoms with van der Waals surface area (Å²) >= 11 is 0. The van der Waals surface area contributed by atoms with E-state index in [1.807, 2.05) is 42.5 Å². The van der Waals surface area contributed by atoms with Gasteiger partial charge in [-0.3, -0.25) is 9.59 Å². The number of ether oxygens (including phenoxy) is 1. The van der Waals surface area contributed by atoms with Crippen molar-refractivity contribution in [2.75, 3.05) is 19.0 Å². The maximum Gasteiger partial charge on any atom is 0.233 e. The summed E-state index contributed by atoms with van der Waals surface area (Å²) in [6.45, 7) is 4.58. The minimum Gasteiger partial charge on any atom is -0.497 e. The monoisotopic (exact) mass is 368 g/mol. The average molecular weight is 368 g/mol.